The van der Waals surface area contributed by atoms with Crippen LogP contribution in [0.4, 0.5) is 0 Å². The number of carbonyl (C=O) groups is 2. The molecule has 0 N–H and O–H groups in total. The van der Waals surface area contributed by atoms with Crippen molar-refractivity contribution in [1.29, 1.82) is 0 Å². The predicted octanol–water partition coefficient (Wildman–Crippen LogP) is 4.07. The van der Waals surface area contributed by atoms with Crippen molar-refractivity contribution in [3.63, 3.8) is 0 Å². The first-order valence-corrected chi connectivity index (χ1v) is 7.54. The highest BCUT2D eigenvalue weighted by Crippen LogP contribution is 2.28. The van der Waals surface area contributed by atoms with E-state index in [1.165, 1.54) is 6.08 Å². The Balaban J connectivity index is 2.65. The minimum atomic E-state index is 0.00190. The molecule has 2 aromatic rings. The van der Waals surface area contributed by atoms with Crippen molar-refractivity contribution in [2.45, 2.75) is 33.2 Å². The van der Waals surface area contributed by atoms with Crippen molar-refractivity contribution < 1.29 is 9.59 Å². The Morgan fingerprint density at radius 2 is 1.91 bits per heavy atom. The number of aldehydes is 1. The average Bonchev–Trinajstić information content (AvgIpc) is 2.91. The van der Waals surface area contributed by atoms with E-state index in [1.807, 2.05) is 36.5 Å². The third-order valence-corrected chi connectivity index (χ3v) is 3.65. The summed E-state index contributed by atoms with van der Waals surface area (Å²) in [5, 5.41) is 0. The van der Waals surface area contributed by atoms with Crippen LogP contribution in [-0.4, -0.2) is 16.6 Å². The van der Waals surface area contributed by atoms with Gasteiger partial charge in [-0.2, -0.15) is 0 Å². The molecular weight excluding hydrogens is 274 g/mol. The van der Waals surface area contributed by atoms with Crippen LogP contribution in [0.2, 0.25) is 0 Å². The molecule has 1 aromatic heterocycles. The highest BCUT2D eigenvalue weighted by Gasteiger charge is 2.23. The quantitative estimate of drug-likeness (QED) is 0.458. The molecule has 0 unspecified atom stereocenters. The fourth-order valence-electron chi connectivity index (χ4n) is 2.73. The molecule has 0 fully saturated rings. The number of rotatable bonds is 6. The van der Waals surface area contributed by atoms with Gasteiger partial charge in [-0.15, -0.1) is 0 Å². The van der Waals surface area contributed by atoms with Gasteiger partial charge in [0.15, 0.2) is 5.78 Å². The summed E-state index contributed by atoms with van der Waals surface area (Å²) in [6.45, 7) is 7.00. The van der Waals surface area contributed by atoms with Crippen molar-refractivity contribution >= 4 is 18.1 Å². The van der Waals surface area contributed by atoms with E-state index in [4.69, 9.17) is 0 Å². The zero-order chi connectivity index (χ0) is 16.1. The number of ketones is 1. The molecule has 0 radical (unpaired) electrons. The highest BCUT2D eigenvalue weighted by molar-refractivity contribution is 6.12. The molecule has 3 heteroatoms. The fraction of sp³-hybridized carbons (Fsp3) is 0.263. The van der Waals surface area contributed by atoms with Crippen LogP contribution in [0.5, 0.6) is 0 Å². The van der Waals surface area contributed by atoms with Crippen molar-refractivity contribution in [2.24, 2.45) is 0 Å². The molecule has 0 bridgehead atoms. The van der Waals surface area contributed by atoms with E-state index < -0.39 is 0 Å². The molecular formula is C19H21NO2. The second-order valence-electron chi connectivity index (χ2n) is 5.48. The second kappa shape index (κ2) is 7.03. The zero-order valence-corrected chi connectivity index (χ0v) is 13.2. The topological polar surface area (TPSA) is 39.1 Å². The number of hydrogen-bond donors (Lipinski definition) is 0. The second-order valence-corrected chi connectivity index (χ2v) is 5.48. The molecule has 0 amide bonds. The fourth-order valence-corrected chi connectivity index (χ4v) is 2.73. The molecule has 2 rings (SSSR count). The lowest BCUT2D eigenvalue weighted by atomic mass is 9.95. The minimum absolute atomic E-state index is 0.00190. The zero-order valence-electron chi connectivity index (χ0n) is 13.2. The number of aromatic nitrogens is 1. The monoisotopic (exact) mass is 295 g/mol. The Morgan fingerprint density at radius 3 is 2.45 bits per heavy atom. The first-order chi connectivity index (χ1) is 10.6. The van der Waals surface area contributed by atoms with E-state index in [2.05, 4.69) is 25.3 Å². The number of benzene rings is 1. The number of aryl methyl sites for hydroxylation is 1. The van der Waals surface area contributed by atoms with Gasteiger partial charge in [0.1, 0.15) is 6.29 Å². The Bertz CT molecular complexity index is 694. The predicted molar refractivity (Wildman–Crippen MR) is 89.2 cm³/mol. The summed E-state index contributed by atoms with van der Waals surface area (Å²) < 4.78 is 2.09. The van der Waals surface area contributed by atoms with E-state index in [0.29, 0.717) is 11.1 Å². The van der Waals surface area contributed by atoms with Crippen LogP contribution in [0.25, 0.3) is 6.08 Å². The van der Waals surface area contributed by atoms with Crippen molar-refractivity contribution in [1.82, 2.24) is 4.57 Å². The molecule has 114 valence electrons. The summed E-state index contributed by atoms with van der Waals surface area (Å²) in [6.07, 6.45) is 5.82. The normalized spacial score (nSPS) is 11.3. The van der Waals surface area contributed by atoms with Gasteiger partial charge in [0.05, 0.1) is 5.56 Å². The molecule has 0 spiro atoms. The van der Waals surface area contributed by atoms with Crippen LogP contribution >= 0.6 is 0 Å². The molecule has 0 saturated carbocycles. The molecule has 0 aliphatic heterocycles. The lowest BCUT2D eigenvalue weighted by Gasteiger charge is -2.13. The molecule has 1 aromatic carbocycles. The average molecular weight is 295 g/mol. The van der Waals surface area contributed by atoms with E-state index in [9.17, 15) is 9.59 Å². The van der Waals surface area contributed by atoms with E-state index in [0.717, 1.165) is 24.1 Å². The van der Waals surface area contributed by atoms with Gasteiger partial charge in [-0.1, -0.05) is 44.2 Å². The van der Waals surface area contributed by atoms with Gasteiger partial charge in [-0.3, -0.25) is 9.59 Å². The molecule has 22 heavy (non-hydrogen) atoms. The molecule has 0 aliphatic rings. The van der Waals surface area contributed by atoms with Crippen LogP contribution in [0.3, 0.4) is 0 Å². The van der Waals surface area contributed by atoms with E-state index in [1.54, 1.807) is 6.08 Å². The van der Waals surface area contributed by atoms with Crippen LogP contribution in [-0.2, 0) is 11.3 Å². The number of hydrogen-bond acceptors (Lipinski definition) is 2. The molecule has 0 saturated heterocycles. The summed E-state index contributed by atoms with van der Waals surface area (Å²) in [4.78, 5) is 23.6. The van der Waals surface area contributed by atoms with Crippen LogP contribution in [0, 0.1) is 0 Å². The van der Waals surface area contributed by atoms with Crippen LogP contribution in [0.15, 0.2) is 42.6 Å². The largest absolute Gasteiger partial charge is 0.350 e. The van der Waals surface area contributed by atoms with Crippen molar-refractivity contribution in [3.8, 4) is 0 Å². The molecule has 1 heterocycles. The van der Waals surface area contributed by atoms with Gasteiger partial charge in [0.25, 0.3) is 0 Å². The number of carbonyl (C=O) groups excluding carboxylic acids is 2. The third-order valence-electron chi connectivity index (χ3n) is 3.65. The van der Waals surface area contributed by atoms with Gasteiger partial charge in [-0.25, -0.2) is 0 Å². The summed E-state index contributed by atoms with van der Waals surface area (Å²) in [5.74, 6) is 0.225. The van der Waals surface area contributed by atoms with Crippen LogP contribution < -0.4 is 0 Å². The third kappa shape index (κ3) is 3.08. The number of nitrogens with zero attached hydrogens (tertiary/aromatic N) is 1. The van der Waals surface area contributed by atoms with Gasteiger partial charge < -0.3 is 4.57 Å². The maximum atomic E-state index is 12.9. The Kier molecular flexibility index (Phi) is 5.10. The maximum absolute atomic E-state index is 12.9. The summed E-state index contributed by atoms with van der Waals surface area (Å²) >= 11 is 0. The first-order valence-electron chi connectivity index (χ1n) is 7.54. The summed E-state index contributed by atoms with van der Waals surface area (Å²) in [6, 6.07) is 9.26. The van der Waals surface area contributed by atoms with Gasteiger partial charge in [0, 0.05) is 29.6 Å². The van der Waals surface area contributed by atoms with Gasteiger partial charge >= 0.3 is 0 Å². The highest BCUT2D eigenvalue weighted by atomic mass is 16.1. The Hall–Kier alpha value is -2.42. The summed E-state index contributed by atoms with van der Waals surface area (Å²) in [5.41, 5.74) is 3.17. The first kappa shape index (κ1) is 16.0. The van der Waals surface area contributed by atoms with Gasteiger partial charge in [-0.05, 0) is 25.0 Å². The SMILES string of the molecule is CCn1cc(/C=C/C=O)c(C(=O)c2ccccc2)c1C(C)C. The summed E-state index contributed by atoms with van der Waals surface area (Å²) in [7, 11) is 0. The van der Waals surface area contributed by atoms with Crippen molar-refractivity contribution in [2.75, 3.05) is 0 Å². The van der Waals surface area contributed by atoms with E-state index >= 15 is 0 Å². The van der Waals surface area contributed by atoms with E-state index in [-0.39, 0.29) is 11.7 Å². The van der Waals surface area contributed by atoms with Crippen molar-refractivity contribution in [3.05, 3.63) is 65.0 Å². The maximum Gasteiger partial charge on any atom is 0.195 e. The minimum Gasteiger partial charge on any atom is -0.350 e. The van der Waals surface area contributed by atoms with Gasteiger partial charge in [0.2, 0.25) is 0 Å². The molecule has 3 nitrogen and oxygen atoms in total. The standard InChI is InChI=1S/C19H21NO2/c1-4-20-13-16(11-8-12-21)17(18(20)14(2)3)19(22)15-9-6-5-7-10-15/h5-14H,4H2,1-3H3/b11-8+. The number of allylic oxidation sites excluding steroid dienone is 1. The Labute approximate surface area is 131 Å². The van der Waals surface area contributed by atoms with Crippen LogP contribution in [0.1, 0.15) is 53.9 Å². The lowest BCUT2D eigenvalue weighted by molar-refractivity contribution is -0.104. The smallest absolute Gasteiger partial charge is 0.195 e. The lowest BCUT2D eigenvalue weighted by Crippen LogP contribution is -2.09. The molecule has 0 atom stereocenters. The Morgan fingerprint density at radius 1 is 1.23 bits per heavy atom. The molecule has 0 aliphatic carbocycles.